The van der Waals surface area contributed by atoms with Crippen LogP contribution in [0.3, 0.4) is 0 Å². The van der Waals surface area contributed by atoms with Crippen LogP contribution in [0.15, 0.2) is 47.4 Å². The number of anilines is 1. The Balaban J connectivity index is 2.03. The number of hydrogen-bond acceptors (Lipinski definition) is 4. The smallest absolute Gasteiger partial charge is 0.319 e. The molecule has 0 aliphatic rings. The predicted octanol–water partition coefficient (Wildman–Crippen LogP) is 2.73. The van der Waals surface area contributed by atoms with Crippen LogP contribution in [-0.2, 0) is 16.4 Å². The molecular weight excluding hydrogens is 328 g/mol. The van der Waals surface area contributed by atoms with Crippen molar-refractivity contribution in [1.82, 2.24) is 5.32 Å². The van der Waals surface area contributed by atoms with Crippen molar-refractivity contribution >= 4 is 21.6 Å². The molecular formula is C17H20N2O4S. The third kappa shape index (κ3) is 4.48. The Morgan fingerprint density at radius 2 is 1.88 bits per heavy atom. The van der Waals surface area contributed by atoms with E-state index >= 15 is 0 Å². The monoisotopic (exact) mass is 348 g/mol. The van der Waals surface area contributed by atoms with Gasteiger partial charge in [-0.3, -0.25) is 0 Å². The van der Waals surface area contributed by atoms with Crippen molar-refractivity contribution in [3.8, 4) is 5.75 Å². The molecule has 2 amide bonds. The minimum atomic E-state index is -3.42. The number of urea groups is 1. The number of methoxy groups -OCH3 is 1. The molecule has 0 aliphatic carbocycles. The summed E-state index contributed by atoms with van der Waals surface area (Å²) in [6, 6.07) is 11.4. The van der Waals surface area contributed by atoms with Gasteiger partial charge in [0.1, 0.15) is 5.75 Å². The number of ether oxygens (including phenoxy) is 1. The Morgan fingerprint density at radius 3 is 2.50 bits per heavy atom. The number of rotatable bonds is 5. The molecule has 6 nitrogen and oxygen atoms in total. The lowest BCUT2D eigenvalue weighted by Crippen LogP contribution is -2.28. The largest absolute Gasteiger partial charge is 0.496 e. The molecule has 0 fully saturated rings. The van der Waals surface area contributed by atoms with Gasteiger partial charge in [0.15, 0.2) is 9.84 Å². The van der Waals surface area contributed by atoms with Gasteiger partial charge in [0.2, 0.25) is 0 Å². The van der Waals surface area contributed by atoms with Crippen LogP contribution >= 0.6 is 0 Å². The molecule has 0 saturated carbocycles. The molecule has 24 heavy (non-hydrogen) atoms. The number of hydrogen-bond donors (Lipinski definition) is 2. The number of carbonyl (C=O) groups is 1. The van der Waals surface area contributed by atoms with Crippen molar-refractivity contribution in [2.45, 2.75) is 18.4 Å². The maximum Gasteiger partial charge on any atom is 0.319 e. The minimum Gasteiger partial charge on any atom is -0.496 e. The van der Waals surface area contributed by atoms with E-state index in [1.54, 1.807) is 25.3 Å². The van der Waals surface area contributed by atoms with Gasteiger partial charge in [-0.05, 0) is 36.2 Å². The summed E-state index contributed by atoms with van der Waals surface area (Å²) in [5.41, 5.74) is 2.14. The molecule has 2 N–H and O–H groups in total. The van der Waals surface area contributed by atoms with Gasteiger partial charge in [-0.1, -0.05) is 24.3 Å². The van der Waals surface area contributed by atoms with Gasteiger partial charge in [0.05, 0.1) is 17.7 Å². The maximum atomic E-state index is 12.0. The van der Waals surface area contributed by atoms with E-state index in [4.69, 9.17) is 4.74 Å². The lowest BCUT2D eigenvalue weighted by atomic mass is 10.1. The zero-order chi connectivity index (χ0) is 17.7. The highest BCUT2D eigenvalue weighted by Gasteiger charge is 2.14. The number of sulfone groups is 1. The van der Waals surface area contributed by atoms with Crippen LogP contribution in [0.25, 0.3) is 0 Å². The van der Waals surface area contributed by atoms with Gasteiger partial charge in [0, 0.05) is 12.8 Å². The van der Waals surface area contributed by atoms with Crippen LogP contribution in [0, 0.1) is 6.92 Å². The highest BCUT2D eigenvalue weighted by Crippen LogP contribution is 2.21. The average Bonchev–Trinajstić information content (AvgIpc) is 2.52. The van der Waals surface area contributed by atoms with Crippen molar-refractivity contribution in [3.63, 3.8) is 0 Å². The van der Waals surface area contributed by atoms with Crippen molar-refractivity contribution in [1.29, 1.82) is 0 Å². The molecule has 2 aromatic carbocycles. The normalized spacial score (nSPS) is 11.0. The average molecular weight is 348 g/mol. The Kier molecular flexibility index (Phi) is 5.46. The van der Waals surface area contributed by atoms with Gasteiger partial charge in [-0.2, -0.15) is 0 Å². The van der Waals surface area contributed by atoms with E-state index < -0.39 is 15.9 Å². The molecule has 2 aromatic rings. The molecule has 0 radical (unpaired) electrons. The Labute approximate surface area is 141 Å². The topological polar surface area (TPSA) is 84.5 Å². The number of nitrogens with one attached hydrogen (secondary N) is 2. The summed E-state index contributed by atoms with van der Waals surface area (Å²) < 4.78 is 28.7. The quantitative estimate of drug-likeness (QED) is 0.870. The van der Waals surface area contributed by atoms with Gasteiger partial charge < -0.3 is 15.4 Å². The van der Waals surface area contributed by atoms with Gasteiger partial charge in [0.25, 0.3) is 0 Å². The van der Waals surface area contributed by atoms with Crippen LogP contribution in [0.2, 0.25) is 0 Å². The highest BCUT2D eigenvalue weighted by molar-refractivity contribution is 7.90. The fourth-order valence-electron chi connectivity index (χ4n) is 2.29. The van der Waals surface area contributed by atoms with Crippen LogP contribution in [0.4, 0.5) is 10.5 Å². The van der Waals surface area contributed by atoms with E-state index in [9.17, 15) is 13.2 Å². The van der Waals surface area contributed by atoms with E-state index in [2.05, 4.69) is 10.6 Å². The van der Waals surface area contributed by atoms with Gasteiger partial charge in [-0.25, -0.2) is 13.2 Å². The van der Waals surface area contributed by atoms with Crippen molar-refractivity contribution in [3.05, 3.63) is 53.6 Å². The molecule has 0 bridgehead atoms. The molecule has 0 aliphatic heterocycles. The molecule has 2 rings (SSSR count). The lowest BCUT2D eigenvalue weighted by molar-refractivity contribution is 0.251. The van der Waals surface area contributed by atoms with Gasteiger partial charge in [-0.15, -0.1) is 0 Å². The lowest BCUT2D eigenvalue weighted by Gasteiger charge is -2.12. The highest BCUT2D eigenvalue weighted by atomic mass is 32.2. The third-order valence-electron chi connectivity index (χ3n) is 3.45. The standard InChI is InChI=1S/C17H20N2O4S/c1-12-10-13(8-9-15(12)23-2)11-18-17(20)19-14-6-4-5-7-16(14)24(3,21)22/h4-10H,11H2,1-3H3,(H2,18,19,20). The van der Waals surface area contributed by atoms with E-state index in [0.29, 0.717) is 6.54 Å². The number of benzene rings is 2. The predicted molar refractivity (Wildman–Crippen MR) is 93.1 cm³/mol. The summed E-state index contributed by atoms with van der Waals surface area (Å²) in [4.78, 5) is 12.1. The second-order valence-electron chi connectivity index (χ2n) is 5.38. The molecule has 128 valence electrons. The van der Waals surface area contributed by atoms with Crippen LogP contribution < -0.4 is 15.4 Å². The molecule has 0 heterocycles. The number of para-hydroxylation sites is 1. The van der Waals surface area contributed by atoms with E-state index in [-0.39, 0.29) is 10.6 Å². The van der Waals surface area contributed by atoms with Crippen LogP contribution in [0.1, 0.15) is 11.1 Å². The third-order valence-corrected chi connectivity index (χ3v) is 4.60. The first-order valence-corrected chi connectivity index (χ1v) is 9.18. The van der Waals surface area contributed by atoms with Crippen molar-refractivity contribution in [2.75, 3.05) is 18.7 Å². The number of carbonyl (C=O) groups excluding carboxylic acids is 1. The first-order chi connectivity index (χ1) is 11.3. The molecule has 0 spiro atoms. The zero-order valence-corrected chi connectivity index (χ0v) is 14.6. The summed E-state index contributed by atoms with van der Waals surface area (Å²) in [5.74, 6) is 0.783. The molecule has 0 unspecified atom stereocenters. The van der Waals surface area contributed by atoms with Crippen LogP contribution in [-0.4, -0.2) is 27.8 Å². The van der Waals surface area contributed by atoms with E-state index in [1.807, 2.05) is 25.1 Å². The summed E-state index contributed by atoms with van der Waals surface area (Å²) in [7, 11) is -1.81. The summed E-state index contributed by atoms with van der Waals surface area (Å²) in [5, 5.41) is 5.28. The SMILES string of the molecule is COc1ccc(CNC(=O)Nc2ccccc2S(C)(=O)=O)cc1C. The zero-order valence-electron chi connectivity index (χ0n) is 13.8. The summed E-state index contributed by atoms with van der Waals surface area (Å²) in [6.45, 7) is 2.24. The minimum absolute atomic E-state index is 0.0837. The Bertz CT molecular complexity index is 847. The second kappa shape index (κ2) is 7.35. The Hall–Kier alpha value is -2.54. The second-order valence-corrected chi connectivity index (χ2v) is 7.36. The summed E-state index contributed by atoms with van der Waals surface area (Å²) >= 11 is 0. The molecule has 0 aromatic heterocycles. The molecule has 7 heteroatoms. The first-order valence-electron chi connectivity index (χ1n) is 7.28. The van der Waals surface area contributed by atoms with E-state index in [1.165, 1.54) is 6.07 Å². The number of amides is 2. The molecule has 0 saturated heterocycles. The van der Waals surface area contributed by atoms with Gasteiger partial charge >= 0.3 is 6.03 Å². The first kappa shape index (κ1) is 17.8. The fourth-order valence-corrected chi connectivity index (χ4v) is 3.14. The Morgan fingerprint density at radius 1 is 1.17 bits per heavy atom. The maximum absolute atomic E-state index is 12.0. The van der Waals surface area contributed by atoms with Crippen LogP contribution in [0.5, 0.6) is 5.75 Å². The molecule has 0 atom stereocenters. The van der Waals surface area contributed by atoms with Crippen molar-refractivity contribution in [2.24, 2.45) is 0 Å². The van der Waals surface area contributed by atoms with Crippen molar-refractivity contribution < 1.29 is 17.9 Å². The fraction of sp³-hybridized carbons (Fsp3) is 0.235. The summed E-state index contributed by atoms with van der Waals surface area (Å²) in [6.07, 6.45) is 1.10. The number of aryl methyl sites for hydroxylation is 1. The van der Waals surface area contributed by atoms with E-state index in [0.717, 1.165) is 23.1 Å².